The fourth-order valence-corrected chi connectivity index (χ4v) is 1.83. The maximum atomic E-state index is 10.8. The van der Waals surface area contributed by atoms with E-state index in [4.69, 9.17) is 5.73 Å². The lowest BCUT2D eigenvalue weighted by Gasteiger charge is -1.98. The predicted octanol–water partition coefficient (Wildman–Crippen LogP) is 1.35. The normalized spacial score (nSPS) is 10.2. The molecule has 1 aromatic rings. The first-order valence-electron chi connectivity index (χ1n) is 4.32. The Morgan fingerprint density at radius 2 is 2.46 bits per heavy atom. The molecule has 4 heteroatoms. The fourth-order valence-electron chi connectivity index (χ4n) is 0.991. The van der Waals surface area contributed by atoms with E-state index in [1.165, 1.54) is 0 Å². The molecule has 1 rings (SSSR count). The molecule has 0 radical (unpaired) electrons. The zero-order chi connectivity index (χ0) is 9.68. The van der Waals surface area contributed by atoms with E-state index in [2.05, 4.69) is 12.2 Å². The molecule has 0 saturated heterocycles. The van der Waals surface area contributed by atoms with Gasteiger partial charge in [0, 0.05) is 16.8 Å². The van der Waals surface area contributed by atoms with Crippen LogP contribution in [0.5, 0.6) is 0 Å². The minimum atomic E-state index is -0.349. The van der Waals surface area contributed by atoms with E-state index in [-0.39, 0.29) is 5.91 Å². The molecule has 0 aliphatic carbocycles. The molecule has 0 saturated carbocycles. The predicted molar refractivity (Wildman–Crippen MR) is 54.8 cm³/mol. The van der Waals surface area contributed by atoms with E-state index in [9.17, 15) is 4.79 Å². The van der Waals surface area contributed by atoms with Crippen LogP contribution in [0.1, 0.15) is 28.6 Å². The average molecular weight is 198 g/mol. The van der Waals surface area contributed by atoms with Crippen LogP contribution in [0.3, 0.4) is 0 Å². The van der Waals surface area contributed by atoms with Crippen LogP contribution in [-0.2, 0) is 6.54 Å². The van der Waals surface area contributed by atoms with Crippen LogP contribution in [0.25, 0.3) is 0 Å². The third-order valence-electron chi connectivity index (χ3n) is 1.66. The van der Waals surface area contributed by atoms with Crippen LogP contribution in [-0.4, -0.2) is 12.5 Å². The summed E-state index contributed by atoms with van der Waals surface area (Å²) in [5.74, 6) is -0.349. The Hall–Kier alpha value is -0.870. The average Bonchev–Trinajstić information content (AvgIpc) is 2.53. The number of hydrogen-bond donors (Lipinski definition) is 2. The van der Waals surface area contributed by atoms with Crippen LogP contribution in [0.4, 0.5) is 0 Å². The SMILES string of the molecule is CCCNCc1cc(C(N)=O)cs1. The second kappa shape index (κ2) is 4.99. The van der Waals surface area contributed by atoms with Gasteiger partial charge in [-0.3, -0.25) is 4.79 Å². The second-order valence-electron chi connectivity index (χ2n) is 2.84. The van der Waals surface area contributed by atoms with E-state index in [1.54, 1.807) is 16.7 Å². The topological polar surface area (TPSA) is 55.1 Å². The number of carbonyl (C=O) groups excluding carboxylic acids is 1. The molecule has 0 bridgehead atoms. The van der Waals surface area contributed by atoms with Crippen molar-refractivity contribution in [2.24, 2.45) is 5.73 Å². The van der Waals surface area contributed by atoms with E-state index in [0.717, 1.165) is 24.4 Å². The number of nitrogens with one attached hydrogen (secondary N) is 1. The summed E-state index contributed by atoms with van der Waals surface area (Å²) in [5.41, 5.74) is 5.74. The van der Waals surface area contributed by atoms with Crippen LogP contribution in [0, 0.1) is 0 Å². The van der Waals surface area contributed by atoms with Gasteiger partial charge < -0.3 is 11.1 Å². The Bertz CT molecular complexity index is 283. The number of primary amides is 1. The van der Waals surface area contributed by atoms with Crippen molar-refractivity contribution in [3.8, 4) is 0 Å². The third-order valence-corrected chi connectivity index (χ3v) is 2.60. The monoisotopic (exact) mass is 198 g/mol. The first-order chi connectivity index (χ1) is 6.24. The molecular weight excluding hydrogens is 184 g/mol. The standard InChI is InChI=1S/C9H14N2OS/c1-2-3-11-5-8-4-7(6-13-8)9(10)12/h4,6,11H,2-3,5H2,1H3,(H2,10,12). The van der Waals surface area contributed by atoms with Crippen LogP contribution >= 0.6 is 11.3 Å². The summed E-state index contributed by atoms with van der Waals surface area (Å²) in [5, 5.41) is 5.06. The highest BCUT2D eigenvalue weighted by Crippen LogP contribution is 2.13. The Kier molecular flexibility index (Phi) is 3.92. The highest BCUT2D eigenvalue weighted by molar-refractivity contribution is 7.10. The number of thiophene rings is 1. The summed E-state index contributed by atoms with van der Waals surface area (Å²) in [6.07, 6.45) is 1.12. The largest absolute Gasteiger partial charge is 0.366 e. The quantitative estimate of drug-likeness (QED) is 0.702. The second-order valence-corrected chi connectivity index (χ2v) is 3.84. The van der Waals surface area contributed by atoms with Crippen LogP contribution in [0.2, 0.25) is 0 Å². The van der Waals surface area contributed by atoms with E-state index >= 15 is 0 Å². The molecule has 0 aliphatic heterocycles. The molecule has 1 heterocycles. The molecule has 0 atom stereocenters. The summed E-state index contributed by atoms with van der Waals surface area (Å²) in [6.45, 7) is 3.95. The molecular formula is C9H14N2OS. The molecule has 0 aromatic carbocycles. The third kappa shape index (κ3) is 3.16. The van der Waals surface area contributed by atoms with Gasteiger partial charge in [0.05, 0.1) is 5.56 Å². The molecule has 1 amide bonds. The maximum absolute atomic E-state index is 10.8. The first-order valence-corrected chi connectivity index (χ1v) is 5.20. The molecule has 3 nitrogen and oxygen atoms in total. The Balaban J connectivity index is 2.44. The van der Waals surface area contributed by atoms with Crippen molar-refractivity contribution in [3.05, 3.63) is 21.9 Å². The molecule has 0 fully saturated rings. The first kappa shape index (κ1) is 10.2. The number of amides is 1. The molecule has 0 aliphatic rings. The van der Waals surface area contributed by atoms with E-state index < -0.39 is 0 Å². The van der Waals surface area contributed by atoms with Gasteiger partial charge in [0.1, 0.15) is 0 Å². The highest BCUT2D eigenvalue weighted by Gasteiger charge is 2.03. The van der Waals surface area contributed by atoms with Gasteiger partial charge in [0.15, 0.2) is 0 Å². The van der Waals surface area contributed by atoms with Gasteiger partial charge in [-0.1, -0.05) is 6.92 Å². The molecule has 3 N–H and O–H groups in total. The van der Waals surface area contributed by atoms with Gasteiger partial charge in [-0.15, -0.1) is 11.3 Å². The fraction of sp³-hybridized carbons (Fsp3) is 0.444. The van der Waals surface area contributed by atoms with Gasteiger partial charge in [-0.05, 0) is 19.0 Å². The lowest BCUT2D eigenvalue weighted by atomic mass is 10.3. The van der Waals surface area contributed by atoms with Crippen molar-refractivity contribution in [1.29, 1.82) is 0 Å². The van der Waals surface area contributed by atoms with Crippen molar-refractivity contribution < 1.29 is 4.79 Å². The Morgan fingerprint density at radius 3 is 3.00 bits per heavy atom. The number of hydrogen-bond acceptors (Lipinski definition) is 3. The minimum absolute atomic E-state index is 0.349. The molecule has 72 valence electrons. The molecule has 1 aromatic heterocycles. The Labute approximate surface area is 81.9 Å². The number of rotatable bonds is 5. The molecule has 0 unspecified atom stereocenters. The zero-order valence-corrected chi connectivity index (χ0v) is 8.49. The van der Waals surface area contributed by atoms with Gasteiger partial charge in [-0.2, -0.15) is 0 Å². The van der Waals surface area contributed by atoms with Crippen molar-refractivity contribution in [3.63, 3.8) is 0 Å². The highest BCUT2D eigenvalue weighted by atomic mass is 32.1. The van der Waals surface area contributed by atoms with Crippen molar-refractivity contribution in [2.45, 2.75) is 19.9 Å². The van der Waals surface area contributed by atoms with E-state index in [0.29, 0.717) is 5.56 Å². The number of nitrogens with two attached hydrogens (primary N) is 1. The lowest BCUT2D eigenvalue weighted by Crippen LogP contribution is -2.13. The lowest BCUT2D eigenvalue weighted by molar-refractivity contribution is 0.100. The smallest absolute Gasteiger partial charge is 0.249 e. The Morgan fingerprint density at radius 1 is 1.69 bits per heavy atom. The minimum Gasteiger partial charge on any atom is -0.366 e. The maximum Gasteiger partial charge on any atom is 0.249 e. The molecule has 0 spiro atoms. The van der Waals surface area contributed by atoms with E-state index in [1.807, 2.05) is 6.07 Å². The summed E-state index contributed by atoms with van der Waals surface area (Å²) < 4.78 is 0. The van der Waals surface area contributed by atoms with Gasteiger partial charge in [-0.25, -0.2) is 0 Å². The van der Waals surface area contributed by atoms with Gasteiger partial charge in [0.2, 0.25) is 5.91 Å². The van der Waals surface area contributed by atoms with Crippen molar-refractivity contribution in [2.75, 3.05) is 6.54 Å². The summed E-state index contributed by atoms with van der Waals surface area (Å²) in [6, 6.07) is 1.84. The summed E-state index contributed by atoms with van der Waals surface area (Å²) >= 11 is 1.56. The van der Waals surface area contributed by atoms with Gasteiger partial charge in [0.25, 0.3) is 0 Å². The van der Waals surface area contributed by atoms with Gasteiger partial charge >= 0.3 is 0 Å². The number of carbonyl (C=O) groups is 1. The van der Waals surface area contributed by atoms with Crippen molar-refractivity contribution in [1.82, 2.24) is 5.32 Å². The summed E-state index contributed by atoms with van der Waals surface area (Å²) in [7, 11) is 0. The summed E-state index contributed by atoms with van der Waals surface area (Å²) in [4.78, 5) is 11.9. The zero-order valence-electron chi connectivity index (χ0n) is 7.67. The molecule has 13 heavy (non-hydrogen) atoms. The van der Waals surface area contributed by atoms with Crippen LogP contribution < -0.4 is 11.1 Å². The van der Waals surface area contributed by atoms with Crippen molar-refractivity contribution >= 4 is 17.2 Å². The van der Waals surface area contributed by atoms with Crippen LogP contribution in [0.15, 0.2) is 11.4 Å².